The third-order valence-electron chi connectivity index (χ3n) is 5.78. The maximum atomic E-state index is 13.3. The maximum Gasteiger partial charge on any atom is 0.303 e. The van der Waals surface area contributed by atoms with Gasteiger partial charge in [-0.1, -0.05) is 48.5 Å². The number of hydrogen-bond acceptors (Lipinski definition) is 3. The molecular formula is C25H23N3O3S. The highest BCUT2D eigenvalue weighted by Gasteiger charge is 2.57. The summed E-state index contributed by atoms with van der Waals surface area (Å²) in [6.45, 7) is 14.0. The van der Waals surface area contributed by atoms with Gasteiger partial charge in [0.05, 0.1) is 31.8 Å². The normalized spacial score (nSPS) is 15.8. The van der Waals surface area contributed by atoms with E-state index in [1.54, 1.807) is 12.1 Å². The Kier molecular flexibility index (Phi) is 5.45. The van der Waals surface area contributed by atoms with Gasteiger partial charge in [0.2, 0.25) is 0 Å². The van der Waals surface area contributed by atoms with Gasteiger partial charge in [-0.25, -0.2) is 15.5 Å². The standard InChI is InChI=1S/C25H23N3O3S/c1-24(2,3)32(31)27-23(17-13-15-18(16-14-17)28(29)30)25(26-4)21-11-7-5-9-19(21)20-10-6-8-12-22(20)25/h5-16,23,27H,1-3H3/t23-,32?/m0/s1. The van der Waals surface area contributed by atoms with E-state index in [0.717, 1.165) is 22.3 Å². The van der Waals surface area contributed by atoms with Crippen molar-refractivity contribution in [2.45, 2.75) is 37.1 Å². The van der Waals surface area contributed by atoms with Gasteiger partial charge in [0.25, 0.3) is 5.69 Å². The summed E-state index contributed by atoms with van der Waals surface area (Å²) in [5.74, 6) is 0. The first kappa shape index (κ1) is 21.9. The molecule has 32 heavy (non-hydrogen) atoms. The van der Waals surface area contributed by atoms with E-state index < -0.39 is 32.2 Å². The minimum Gasteiger partial charge on any atom is -0.298 e. The van der Waals surface area contributed by atoms with Gasteiger partial charge in [0.1, 0.15) is 6.04 Å². The van der Waals surface area contributed by atoms with Crippen LogP contribution in [0.15, 0.2) is 72.8 Å². The van der Waals surface area contributed by atoms with E-state index in [9.17, 15) is 14.3 Å². The second-order valence-electron chi connectivity index (χ2n) is 8.75. The molecule has 1 aliphatic carbocycles. The average Bonchev–Trinajstić information content (AvgIpc) is 3.07. The van der Waals surface area contributed by atoms with Gasteiger partial charge in [0, 0.05) is 12.1 Å². The number of non-ortho nitro benzene ring substituents is 1. The van der Waals surface area contributed by atoms with Crippen LogP contribution in [0.25, 0.3) is 16.0 Å². The molecule has 6 nitrogen and oxygen atoms in total. The van der Waals surface area contributed by atoms with Gasteiger partial charge in [-0.05, 0) is 49.6 Å². The van der Waals surface area contributed by atoms with Crippen molar-refractivity contribution in [2.24, 2.45) is 0 Å². The lowest BCUT2D eigenvalue weighted by Crippen LogP contribution is -2.44. The van der Waals surface area contributed by atoms with Gasteiger partial charge < -0.3 is 0 Å². The van der Waals surface area contributed by atoms with Crippen LogP contribution in [0.4, 0.5) is 5.69 Å². The van der Waals surface area contributed by atoms with E-state index in [4.69, 9.17) is 6.57 Å². The Balaban J connectivity index is 1.98. The van der Waals surface area contributed by atoms with Gasteiger partial charge in [-0.2, -0.15) is 0 Å². The van der Waals surface area contributed by atoms with E-state index in [1.165, 1.54) is 12.1 Å². The summed E-state index contributed by atoms with van der Waals surface area (Å²) in [7, 11) is -1.49. The molecular weight excluding hydrogens is 422 g/mol. The van der Waals surface area contributed by atoms with Crippen molar-refractivity contribution in [1.82, 2.24) is 4.72 Å². The molecule has 0 bridgehead atoms. The van der Waals surface area contributed by atoms with Crippen molar-refractivity contribution in [1.29, 1.82) is 0 Å². The molecule has 0 heterocycles. The number of rotatable bonds is 5. The summed E-state index contributed by atoms with van der Waals surface area (Å²) in [4.78, 5) is 14.9. The van der Waals surface area contributed by atoms with E-state index in [2.05, 4.69) is 9.57 Å². The van der Waals surface area contributed by atoms with Crippen LogP contribution in [0.1, 0.15) is 43.5 Å². The Morgan fingerprint density at radius 1 is 0.969 bits per heavy atom. The van der Waals surface area contributed by atoms with Crippen molar-refractivity contribution in [3.05, 3.63) is 111 Å². The monoisotopic (exact) mass is 445 g/mol. The van der Waals surface area contributed by atoms with Crippen molar-refractivity contribution >= 4 is 16.7 Å². The molecule has 1 aliphatic rings. The molecule has 0 radical (unpaired) electrons. The molecule has 7 heteroatoms. The number of nitrogens with one attached hydrogen (secondary N) is 1. The molecule has 3 aromatic carbocycles. The Bertz CT molecular complexity index is 1210. The lowest BCUT2D eigenvalue weighted by molar-refractivity contribution is -0.384. The molecule has 0 amide bonds. The summed E-state index contributed by atoms with van der Waals surface area (Å²) in [5.41, 5.74) is 3.05. The molecule has 4 rings (SSSR count). The molecule has 0 aliphatic heterocycles. The van der Waals surface area contributed by atoms with E-state index in [-0.39, 0.29) is 5.69 Å². The number of nitro benzene ring substituents is 1. The van der Waals surface area contributed by atoms with Crippen molar-refractivity contribution in [3.8, 4) is 11.1 Å². The van der Waals surface area contributed by atoms with E-state index in [1.807, 2.05) is 69.3 Å². The predicted molar refractivity (Wildman–Crippen MR) is 126 cm³/mol. The zero-order valence-corrected chi connectivity index (χ0v) is 18.8. The predicted octanol–water partition coefficient (Wildman–Crippen LogP) is 5.53. The summed E-state index contributed by atoms with van der Waals surface area (Å²) in [5, 5.41) is 11.2. The third kappa shape index (κ3) is 3.42. The topological polar surface area (TPSA) is 76.6 Å². The molecule has 0 saturated heterocycles. The highest BCUT2D eigenvalue weighted by atomic mass is 32.2. The molecule has 2 atom stereocenters. The second-order valence-corrected chi connectivity index (χ2v) is 10.7. The lowest BCUT2D eigenvalue weighted by Gasteiger charge is -2.32. The maximum absolute atomic E-state index is 13.3. The molecule has 1 N–H and O–H groups in total. The smallest absolute Gasteiger partial charge is 0.298 e. The first-order chi connectivity index (χ1) is 15.2. The van der Waals surface area contributed by atoms with Crippen LogP contribution in [0.3, 0.4) is 0 Å². The Morgan fingerprint density at radius 2 is 1.47 bits per heavy atom. The molecule has 0 spiro atoms. The van der Waals surface area contributed by atoms with Crippen LogP contribution in [-0.2, 0) is 16.5 Å². The Morgan fingerprint density at radius 3 is 1.91 bits per heavy atom. The Hall–Kier alpha value is -3.34. The van der Waals surface area contributed by atoms with Crippen LogP contribution in [0, 0.1) is 16.7 Å². The molecule has 162 valence electrons. The van der Waals surface area contributed by atoms with Crippen LogP contribution in [-0.4, -0.2) is 13.9 Å². The summed E-state index contributed by atoms with van der Waals surface area (Å²) >= 11 is 0. The second kappa shape index (κ2) is 7.97. The molecule has 0 saturated carbocycles. The first-order valence-electron chi connectivity index (χ1n) is 10.2. The van der Waals surface area contributed by atoms with Crippen molar-refractivity contribution in [3.63, 3.8) is 0 Å². The fourth-order valence-electron chi connectivity index (χ4n) is 4.21. The largest absolute Gasteiger partial charge is 0.303 e. The minimum absolute atomic E-state index is 0.0338. The van der Waals surface area contributed by atoms with Gasteiger partial charge >= 0.3 is 5.54 Å². The fourth-order valence-corrected chi connectivity index (χ4v) is 5.08. The molecule has 3 aromatic rings. The number of nitro groups is 1. The summed E-state index contributed by atoms with van der Waals surface area (Å²) in [6, 6.07) is 21.0. The average molecular weight is 446 g/mol. The highest BCUT2D eigenvalue weighted by molar-refractivity contribution is 7.84. The summed E-state index contributed by atoms with van der Waals surface area (Å²) in [6.07, 6.45) is 0. The zero-order chi connectivity index (χ0) is 23.1. The number of fused-ring (bicyclic) bond motifs is 3. The van der Waals surface area contributed by atoms with Crippen molar-refractivity contribution < 1.29 is 9.13 Å². The van der Waals surface area contributed by atoms with Gasteiger partial charge in [-0.15, -0.1) is 0 Å². The van der Waals surface area contributed by atoms with Crippen molar-refractivity contribution in [2.75, 3.05) is 0 Å². The molecule has 0 fully saturated rings. The Labute approximate surface area is 189 Å². The van der Waals surface area contributed by atoms with Crippen LogP contribution in [0.2, 0.25) is 0 Å². The molecule has 0 aromatic heterocycles. The van der Waals surface area contributed by atoms with Crippen LogP contribution < -0.4 is 4.72 Å². The highest BCUT2D eigenvalue weighted by Crippen LogP contribution is 2.55. The van der Waals surface area contributed by atoms with E-state index >= 15 is 0 Å². The summed E-state index contributed by atoms with van der Waals surface area (Å²) < 4.78 is 15.9. The van der Waals surface area contributed by atoms with Crippen LogP contribution in [0.5, 0.6) is 0 Å². The first-order valence-corrected chi connectivity index (χ1v) is 11.4. The van der Waals surface area contributed by atoms with Gasteiger partial charge in [-0.3, -0.25) is 15.0 Å². The quantitative estimate of drug-likeness (QED) is 0.319. The number of benzene rings is 3. The number of hydrogen-bond donors (Lipinski definition) is 1. The minimum atomic E-state index is -1.49. The number of nitrogens with zero attached hydrogens (tertiary/aromatic N) is 2. The van der Waals surface area contributed by atoms with Gasteiger partial charge in [0.15, 0.2) is 0 Å². The fraction of sp³-hybridized carbons (Fsp3) is 0.240. The zero-order valence-electron chi connectivity index (χ0n) is 18.0. The third-order valence-corrected chi connectivity index (χ3v) is 7.34. The molecule has 1 unspecified atom stereocenters. The SMILES string of the molecule is [C-]#[N+]C1([C@@H](NS(=O)C(C)(C)C)c2ccc([N+](=O)[O-])cc2)c2ccccc2-c2ccccc21. The van der Waals surface area contributed by atoms with Crippen LogP contribution >= 0.6 is 0 Å². The lowest BCUT2D eigenvalue weighted by atomic mass is 9.78. The van der Waals surface area contributed by atoms with E-state index in [0.29, 0.717) is 5.56 Å².